The first-order chi connectivity index (χ1) is 29.2. The van der Waals surface area contributed by atoms with Crippen molar-refractivity contribution in [2.45, 2.75) is 336 Å². The Morgan fingerprint density at radius 2 is 0.576 bits per heavy atom. The number of allylic oxidation sites excluding steroid dienone is 1. The summed E-state index contributed by atoms with van der Waals surface area (Å²) in [4.78, 5) is 7.38. The lowest BCUT2D eigenvalue weighted by Gasteiger charge is -2.19. The van der Waals surface area contributed by atoms with Crippen LogP contribution < -0.4 is 0 Å². The largest absolute Gasteiger partial charge is 0.343 e. The number of unbranched alkanes of at least 4 members (excludes halogenated alkanes) is 37. The summed E-state index contributed by atoms with van der Waals surface area (Å²) in [5.74, 6) is 0.941. The van der Waals surface area contributed by atoms with Crippen LogP contribution in [0.25, 0.3) is 0 Å². The molecule has 0 aromatic heterocycles. The maximum atomic E-state index is 5.20. The van der Waals surface area contributed by atoms with E-state index in [9.17, 15) is 0 Å². The summed E-state index contributed by atoms with van der Waals surface area (Å²) < 4.78 is 0. The fourth-order valence-corrected chi connectivity index (χ4v) is 9.35. The zero-order valence-electron chi connectivity index (χ0n) is 42.0. The molecule has 0 saturated heterocycles. The van der Waals surface area contributed by atoms with Crippen molar-refractivity contribution >= 4 is 6.34 Å². The lowest BCUT2D eigenvalue weighted by molar-refractivity contribution is 0.359. The fraction of sp³-hybridized carbons (Fsp3) is 0.947. The summed E-state index contributed by atoms with van der Waals surface area (Å²) in [7, 11) is 2.15. The molecule has 0 aliphatic carbocycles. The molecule has 0 saturated carbocycles. The van der Waals surface area contributed by atoms with Crippen LogP contribution >= 0.6 is 0 Å². The van der Waals surface area contributed by atoms with Crippen molar-refractivity contribution in [2.24, 2.45) is 10.9 Å². The third-order valence-electron chi connectivity index (χ3n) is 13.5. The highest BCUT2D eigenvalue weighted by atomic mass is 15.1. The van der Waals surface area contributed by atoms with Crippen LogP contribution in [0.1, 0.15) is 329 Å². The zero-order chi connectivity index (χ0) is 42.8. The Balaban J connectivity index is 4.62. The van der Waals surface area contributed by atoms with Gasteiger partial charge in [-0.05, 0) is 25.2 Å². The van der Waals surface area contributed by atoms with E-state index in [1.807, 2.05) is 0 Å². The van der Waals surface area contributed by atoms with Crippen molar-refractivity contribution in [2.75, 3.05) is 7.05 Å². The van der Waals surface area contributed by atoms with E-state index in [-0.39, 0.29) is 0 Å². The summed E-state index contributed by atoms with van der Waals surface area (Å²) in [6.45, 7) is 9.18. The molecule has 0 heterocycles. The molecule has 0 amide bonds. The van der Waals surface area contributed by atoms with Gasteiger partial charge in [0.2, 0.25) is 0 Å². The average Bonchev–Trinajstić information content (AvgIpc) is 3.24. The van der Waals surface area contributed by atoms with E-state index in [1.165, 1.54) is 295 Å². The number of aliphatic imine (C=N–C) groups is 1. The highest BCUT2D eigenvalue weighted by Crippen LogP contribution is 2.26. The molecule has 0 aliphatic rings. The molecule has 0 aromatic rings. The first-order valence-corrected chi connectivity index (χ1v) is 28.1. The molecule has 2 nitrogen and oxygen atoms in total. The summed E-state index contributed by atoms with van der Waals surface area (Å²) in [5, 5.41) is 0. The average molecular weight is 828 g/mol. The van der Waals surface area contributed by atoms with Crippen LogP contribution in [0.5, 0.6) is 0 Å². The van der Waals surface area contributed by atoms with Gasteiger partial charge in [-0.25, -0.2) is 0 Å². The Hall–Kier alpha value is -0.790. The van der Waals surface area contributed by atoms with E-state index in [1.54, 1.807) is 0 Å². The van der Waals surface area contributed by atoms with Crippen LogP contribution in [0.2, 0.25) is 0 Å². The zero-order valence-corrected chi connectivity index (χ0v) is 42.0. The molecule has 0 spiro atoms. The number of hydrogen-bond donors (Lipinski definition) is 0. The molecule has 0 aliphatic heterocycles. The maximum absolute atomic E-state index is 5.20. The van der Waals surface area contributed by atoms with Gasteiger partial charge in [-0.1, -0.05) is 316 Å². The first-order valence-electron chi connectivity index (χ1n) is 28.1. The second-order valence-corrected chi connectivity index (χ2v) is 19.6. The number of hydrogen-bond acceptors (Lipinski definition) is 1. The molecule has 2 heteroatoms. The van der Waals surface area contributed by atoms with Crippen molar-refractivity contribution < 1.29 is 0 Å². The molecule has 0 radical (unpaired) electrons. The Bertz CT molecular complexity index is 774. The molecule has 352 valence electrons. The van der Waals surface area contributed by atoms with Crippen molar-refractivity contribution in [3.63, 3.8) is 0 Å². The van der Waals surface area contributed by atoms with Crippen LogP contribution in [0.3, 0.4) is 0 Å². The van der Waals surface area contributed by atoms with Crippen LogP contribution in [0.4, 0.5) is 0 Å². The van der Waals surface area contributed by atoms with Gasteiger partial charge in [0.25, 0.3) is 0 Å². The molecular formula is C57H114N2. The minimum atomic E-state index is 0.498. The lowest BCUT2D eigenvalue weighted by Crippen LogP contribution is -2.13. The lowest BCUT2D eigenvalue weighted by atomic mass is 9.89. The fourth-order valence-electron chi connectivity index (χ4n) is 9.35. The third kappa shape index (κ3) is 48.1. The summed E-state index contributed by atoms with van der Waals surface area (Å²) in [6.07, 6.45) is 74.0. The van der Waals surface area contributed by atoms with Gasteiger partial charge in [-0.2, -0.15) is 0 Å². The molecule has 0 bridgehead atoms. The highest BCUT2D eigenvalue weighted by molar-refractivity contribution is 5.56. The topological polar surface area (TPSA) is 15.6 Å². The van der Waals surface area contributed by atoms with Gasteiger partial charge >= 0.3 is 0 Å². The van der Waals surface area contributed by atoms with Crippen LogP contribution in [-0.2, 0) is 0 Å². The van der Waals surface area contributed by atoms with Crippen LogP contribution in [0.15, 0.2) is 17.3 Å². The maximum Gasteiger partial charge on any atom is 0.0890 e. The number of rotatable bonds is 51. The van der Waals surface area contributed by atoms with E-state index < -0.39 is 0 Å². The molecule has 0 aromatic carbocycles. The number of nitrogens with zero attached hydrogens (tertiary/aromatic N) is 2. The van der Waals surface area contributed by atoms with Gasteiger partial charge < -0.3 is 4.90 Å². The normalized spacial score (nSPS) is 12.6. The van der Waals surface area contributed by atoms with E-state index >= 15 is 0 Å². The van der Waals surface area contributed by atoms with Gasteiger partial charge in [0.1, 0.15) is 0 Å². The van der Waals surface area contributed by atoms with Crippen molar-refractivity contribution in [3.05, 3.63) is 12.3 Å². The monoisotopic (exact) mass is 827 g/mol. The Morgan fingerprint density at radius 1 is 0.322 bits per heavy atom. The summed E-state index contributed by atoms with van der Waals surface area (Å²) in [5.41, 5.74) is 0. The third-order valence-corrected chi connectivity index (χ3v) is 13.5. The van der Waals surface area contributed by atoms with E-state index in [2.05, 4.69) is 58.3 Å². The second kappa shape index (κ2) is 51.6. The Labute approximate surface area is 375 Å². The van der Waals surface area contributed by atoms with E-state index in [4.69, 9.17) is 4.99 Å². The summed E-state index contributed by atoms with van der Waals surface area (Å²) >= 11 is 0. The Morgan fingerprint density at radius 3 is 0.881 bits per heavy atom. The SMILES string of the molecule is CC/C=C/N(C)C=NC(CCCCCCCCCCCCCCCCCC)CCCC(CCCCCCCCCCCCCC)CCCCCCCCCCCCCC. The van der Waals surface area contributed by atoms with Crippen LogP contribution in [-0.4, -0.2) is 24.3 Å². The molecule has 59 heavy (non-hydrogen) atoms. The predicted octanol–water partition coefficient (Wildman–Crippen LogP) is 20.9. The van der Waals surface area contributed by atoms with Gasteiger partial charge in [0, 0.05) is 13.2 Å². The standard InChI is InChI=1S/C57H114N2/c1-6-10-14-17-20-23-26-29-30-31-32-35-38-41-44-47-52-57(58-55-59(5)54-13-9-4)53-48-51-56(49-45-42-39-36-33-27-24-21-18-15-11-7-2)50-46-43-40-37-34-28-25-22-19-16-12-8-3/h13,54-57H,6-12,14-53H2,1-5H3/b54-13+,58-55?. The molecule has 0 fully saturated rings. The molecule has 1 atom stereocenters. The summed E-state index contributed by atoms with van der Waals surface area (Å²) in [6, 6.07) is 0.498. The Kier molecular flexibility index (Phi) is 50.9. The van der Waals surface area contributed by atoms with Gasteiger partial charge in [-0.3, -0.25) is 4.99 Å². The highest BCUT2D eigenvalue weighted by Gasteiger charge is 2.12. The van der Waals surface area contributed by atoms with Crippen LogP contribution in [0, 0.1) is 5.92 Å². The molecule has 1 unspecified atom stereocenters. The first kappa shape index (κ1) is 58.2. The van der Waals surface area contributed by atoms with Gasteiger partial charge in [0.05, 0.1) is 12.4 Å². The second-order valence-electron chi connectivity index (χ2n) is 19.6. The molecule has 0 rings (SSSR count). The van der Waals surface area contributed by atoms with Gasteiger partial charge in [-0.15, -0.1) is 0 Å². The van der Waals surface area contributed by atoms with Crippen molar-refractivity contribution in [1.82, 2.24) is 4.90 Å². The van der Waals surface area contributed by atoms with Crippen molar-refractivity contribution in [1.29, 1.82) is 0 Å². The van der Waals surface area contributed by atoms with E-state index in [0.29, 0.717) is 6.04 Å². The minimum Gasteiger partial charge on any atom is -0.343 e. The quantitative estimate of drug-likeness (QED) is 0.0339. The predicted molar refractivity (Wildman–Crippen MR) is 272 cm³/mol. The van der Waals surface area contributed by atoms with Gasteiger partial charge in [0.15, 0.2) is 0 Å². The van der Waals surface area contributed by atoms with Crippen molar-refractivity contribution in [3.8, 4) is 0 Å². The molecular weight excluding hydrogens is 713 g/mol. The minimum absolute atomic E-state index is 0.498. The molecule has 0 N–H and O–H groups in total. The smallest absolute Gasteiger partial charge is 0.0890 e. The van der Waals surface area contributed by atoms with E-state index in [0.717, 1.165) is 12.3 Å².